The van der Waals surface area contributed by atoms with Crippen LogP contribution in [-0.4, -0.2) is 48.4 Å². The monoisotopic (exact) mass is 294 g/mol. The first-order valence-corrected chi connectivity index (χ1v) is 7.98. The molecule has 1 aromatic carbocycles. The van der Waals surface area contributed by atoms with E-state index in [0.29, 0.717) is 19.2 Å². The number of rotatable bonds is 6. The lowest BCUT2D eigenvalue weighted by molar-refractivity contribution is -0.136. The molecular formula is C15H22N2O2S. The van der Waals surface area contributed by atoms with Crippen LogP contribution in [0, 0.1) is 0 Å². The van der Waals surface area contributed by atoms with Crippen LogP contribution >= 0.6 is 11.8 Å². The number of hydrogen-bond acceptors (Lipinski definition) is 4. The van der Waals surface area contributed by atoms with Gasteiger partial charge in [-0.3, -0.25) is 9.69 Å². The van der Waals surface area contributed by atoms with Gasteiger partial charge in [-0.05, 0) is 31.2 Å². The molecule has 1 fully saturated rings. The molecule has 0 saturated carbocycles. The van der Waals surface area contributed by atoms with E-state index in [9.17, 15) is 4.79 Å². The van der Waals surface area contributed by atoms with Crippen molar-refractivity contribution >= 4 is 17.7 Å². The van der Waals surface area contributed by atoms with Gasteiger partial charge < -0.3 is 10.5 Å². The number of thioether (sulfide) groups is 1. The summed E-state index contributed by atoms with van der Waals surface area (Å²) in [6.07, 6.45) is 0.637. The predicted octanol–water partition coefficient (Wildman–Crippen LogP) is 1.74. The Bertz CT molecular complexity index is 427. The molecule has 0 aliphatic carbocycles. The number of carbonyl (C=O) groups excluding carboxylic acids is 1. The SMILES string of the molecule is CC(CCSc1ccccc1)N1CCOC(C(N)=O)C1. The van der Waals surface area contributed by atoms with E-state index in [1.807, 2.05) is 17.8 Å². The lowest BCUT2D eigenvalue weighted by Gasteiger charge is -2.35. The number of hydrogen-bond donors (Lipinski definition) is 1. The number of primary amides is 1. The molecule has 20 heavy (non-hydrogen) atoms. The molecule has 1 saturated heterocycles. The van der Waals surface area contributed by atoms with Gasteiger partial charge in [0.15, 0.2) is 0 Å². The Morgan fingerprint density at radius 3 is 2.95 bits per heavy atom. The minimum absolute atomic E-state index is 0.361. The predicted molar refractivity (Wildman–Crippen MR) is 81.8 cm³/mol. The molecule has 2 unspecified atom stereocenters. The van der Waals surface area contributed by atoms with Crippen LogP contribution in [0.1, 0.15) is 13.3 Å². The van der Waals surface area contributed by atoms with Crippen LogP contribution in [0.3, 0.4) is 0 Å². The van der Waals surface area contributed by atoms with E-state index in [2.05, 4.69) is 36.1 Å². The summed E-state index contributed by atoms with van der Waals surface area (Å²) in [5.74, 6) is 0.713. The van der Waals surface area contributed by atoms with Gasteiger partial charge in [-0.15, -0.1) is 11.8 Å². The molecule has 2 atom stereocenters. The summed E-state index contributed by atoms with van der Waals surface area (Å²) >= 11 is 1.87. The quantitative estimate of drug-likeness (QED) is 0.812. The second kappa shape index (κ2) is 7.67. The van der Waals surface area contributed by atoms with Crippen molar-refractivity contribution in [1.29, 1.82) is 0 Å². The molecule has 1 aromatic rings. The second-order valence-corrected chi connectivity index (χ2v) is 6.22. The molecule has 1 aliphatic heterocycles. The van der Waals surface area contributed by atoms with Gasteiger partial charge in [-0.2, -0.15) is 0 Å². The van der Waals surface area contributed by atoms with Gasteiger partial charge in [-0.25, -0.2) is 0 Å². The third-order valence-electron chi connectivity index (χ3n) is 3.59. The fraction of sp³-hybridized carbons (Fsp3) is 0.533. The van der Waals surface area contributed by atoms with Crippen molar-refractivity contribution in [3.05, 3.63) is 30.3 Å². The molecule has 4 nitrogen and oxygen atoms in total. The van der Waals surface area contributed by atoms with Gasteiger partial charge in [-0.1, -0.05) is 18.2 Å². The van der Waals surface area contributed by atoms with Crippen LogP contribution < -0.4 is 5.73 Å². The average molecular weight is 294 g/mol. The molecule has 0 aromatic heterocycles. The fourth-order valence-electron chi connectivity index (χ4n) is 2.29. The molecule has 2 N–H and O–H groups in total. The summed E-state index contributed by atoms with van der Waals surface area (Å²) < 4.78 is 5.37. The minimum atomic E-state index is -0.451. The molecule has 110 valence electrons. The largest absolute Gasteiger partial charge is 0.367 e. The first-order chi connectivity index (χ1) is 9.66. The lowest BCUT2D eigenvalue weighted by atomic mass is 10.1. The third-order valence-corrected chi connectivity index (χ3v) is 4.63. The highest BCUT2D eigenvalue weighted by molar-refractivity contribution is 7.99. The Kier molecular flexibility index (Phi) is 5.88. The van der Waals surface area contributed by atoms with Gasteiger partial charge >= 0.3 is 0 Å². The molecule has 2 rings (SSSR count). The van der Waals surface area contributed by atoms with Crippen LogP contribution in [0.2, 0.25) is 0 Å². The van der Waals surface area contributed by atoms with Crippen LogP contribution in [0.15, 0.2) is 35.2 Å². The van der Waals surface area contributed by atoms with E-state index in [1.54, 1.807) is 0 Å². The maximum atomic E-state index is 11.2. The molecular weight excluding hydrogens is 272 g/mol. The average Bonchev–Trinajstić information content (AvgIpc) is 2.48. The van der Waals surface area contributed by atoms with Gasteiger partial charge in [0, 0.05) is 24.0 Å². The Balaban J connectivity index is 1.74. The van der Waals surface area contributed by atoms with E-state index in [0.717, 1.165) is 18.7 Å². The van der Waals surface area contributed by atoms with Gasteiger partial charge in [0.1, 0.15) is 6.10 Å². The van der Waals surface area contributed by atoms with Crippen molar-refractivity contribution in [1.82, 2.24) is 4.90 Å². The standard InChI is InChI=1S/C15H22N2O2S/c1-12(7-10-20-13-5-3-2-4-6-13)17-8-9-19-14(11-17)15(16)18/h2-6,12,14H,7-11H2,1H3,(H2,16,18). The topological polar surface area (TPSA) is 55.6 Å². The highest BCUT2D eigenvalue weighted by atomic mass is 32.2. The highest BCUT2D eigenvalue weighted by Gasteiger charge is 2.27. The zero-order chi connectivity index (χ0) is 14.4. The molecule has 5 heteroatoms. The highest BCUT2D eigenvalue weighted by Crippen LogP contribution is 2.20. The summed E-state index contributed by atoms with van der Waals surface area (Å²) in [7, 11) is 0. The summed E-state index contributed by atoms with van der Waals surface area (Å²) in [6, 6.07) is 10.9. The van der Waals surface area contributed by atoms with Gasteiger partial charge in [0.25, 0.3) is 0 Å². The number of benzene rings is 1. The van der Waals surface area contributed by atoms with Crippen LogP contribution in [-0.2, 0) is 9.53 Å². The normalized spacial score (nSPS) is 21.6. The maximum absolute atomic E-state index is 11.2. The number of carbonyl (C=O) groups is 1. The smallest absolute Gasteiger partial charge is 0.247 e. The molecule has 1 aliphatic rings. The number of amides is 1. The van der Waals surface area contributed by atoms with E-state index in [-0.39, 0.29) is 5.91 Å². The lowest BCUT2D eigenvalue weighted by Crippen LogP contribution is -2.51. The van der Waals surface area contributed by atoms with Crippen LogP contribution in [0.4, 0.5) is 0 Å². The first-order valence-electron chi connectivity index (χ1n) is 6.99. The minimum Gasteiger partial charge on any atom is -0.367 e. The Morgan fingerprint density at radius 1 is 1.50 bits per heavy atom. The van der Waals surface area contributed by atoms with Crippen LogP contribution in [0.5, 0.6) is 0 Å². The summed E-state index contributed by atoms with van der Waals surface area (Å²) in [5, 5.41) is 0. The van der Waals surface area contributed by atoms with Crippen molar-refractivity contribution in [3.63, 3.8) is 0 Å². The number of morpholine rings is 1. The van der Waals surface area contributed by atoms with Crippen molar-refractivity contribution in [2.24, 2.45) is 5.73 Å². The van der Waals surface area contributed by atoms with Gasteiger partial charge in [0.2, 0.25) is 5.91 Å². The van der Waals surface area contributed by atoms with Crippen molar-refractivity contribution < 1.29 is 9.53 Å². The van der Waals surface area contributed by atoms with Gasteiger partial charge in [0.05, 0.1) is 6.61 Å². The number of nitrogens with zero attached hydrogens (tertiary/aromatic N) is 1. The zero-order valence-corrected chi connectivity index (χ0v) is 12.6. The first kappa shape index (κ1) is 15.4. The Hall–Kier alpha value is -1.04. The molecule has 1 amide bonds. The van der Waals surface area contributed by atoms with E-state index in [1.165, 1.54) is 4.90 Å². The van der Waals surface area contributed by atoms with E-state index in [4.69, 9.17) is 10.5 Å². The van der Waals surface area contributed by atoms with E-state index >= 15 is 0 Å². The zero-order valence-electron chi connectivity index (χ0n) is 11.8. The fourth-order valence-corrected chi connectivity index (χ4v) is 3.33. The summed E-state index contributed by atoms with van der Waals surface area (Å²) in [5.41, 5.74) is 5.31. The molecule has 0 bridgehead atoms. The van der Waals surface area contributed by atoms with E-state index < -0.39 is 6.10 Å². The summed E-state index contributed by atoms with van der Waals surface area (Å²) in [4.78, 5) is 14.8. The Labute approximate surface area is 124 Å². The molecule has 0 spiro atoms. The van der Waals surface area contributed by atoms with Crippen molar-refractivity contribution in [2.45, 2.75) is 30.4 Å². The Morgan fingerprint density at radius 2 is 2.25 bits per heavy atom. The summed E-state index contributed by atoms with van der Waals surface area (Å²) in [6.45, 7) is 4.28. The molecule has 0 radical (unpaired) electrons. The number of ether oxygens (including phenoxy) is 1. The number of nitrogens with two attached hydrogens (primary N) is 1. The molecule has 1 heterocycles. The maximum Gasteiger partial charge on any atom is 0.247 e. The third kappa shape index (κ3) is 4.51. The second-order valence-electron chi connectivity index (χ2n) is 5.06. The van der Waals surface area contributed by atoms with Crippen LogP contribution in [0.25, 0.3) is 0 Å². The van der Waals surface area contributed by atoms with Crippen molar-refractivity contribution in [2.75, 3.05) is 25.4 Å². The van der Waals surface area contributed by atoms with Crippen molar-refractivity contribution in [3.8, 4) is 0 Å².